The normalized spacial score (nSPS) is 14.6. The van der Waals surface area contributed by atoms with Crippen molar-refractivity contribution >= 4 is 23.2 Å². The third-order valence-electron chi connectivity index (χ3n) is 4.47. The van der Waals surface area contributed by atoms with Crippen LogP contribution in [0, 0.1) is 0 Å². The molecule has 11 heteroatoms. The number of anilines is 2. The van der Waals surface area contributed by atoms with E-state index in [0.29, 0.717) is 37.2 Å². The van der Waals surface area contributed by atoms with E-state index in [2.05, 4.69) is 5.32 Å². The van der Waals surface area contributed by atoms with E-state index in [1.54, 1.807) is 18.2 Å². The second kappa shape index (κ2) is 8.48. The first kappa shape index (κ1) is 22.4. The Hall–Kier alpha value is -3.24. The Kier molecular flexibility index (Phi) is 6.14. The van der Waals surface area contributed by atoms with Gasteiger partial charge in [0.2, 0.25) is 5.91 Å². The third kappa shape index (κ3) is 5.47. The van der Waals surface area contributed by atoms with Crippen molar-refractivity contribution in [3.8, 4) is 5.75 Å². The van der Waals surface area contributed by atoms with Gasteiger partial charge in [-0.25, -0.2) is 0 Å². The summed E-state index contributed by atoms with van der Waals surface area (Å²) in [6.45, 7) is -0.368. The van der Waals surface area contributed by atoms with E-state index in [9.17, 15) is 35.9 Å². The van der Waals surface area contributed by atoms with E-state index >= 15 is 0 Å². The fraction of sp³-hybridized carbons (Fsp3) is 0.300. The van der Waals surface area contributed by atoms with Crippen molar-refractivity contribution in [1.82, 2.24) is 0 Å². The molecule has 1 aliphatic heterocycles. The van der Waals surface area contributed by atoms with Gasteiger partial charge in [0.1, 0.15) is 5.75 Å². The predicted molar refractivity (Wildman–Crippen MR) is 98.6 cm³/mol. The van der Waals surface area contributed by atoms with Gasteiger partial charge in [-0.3, -0.25) is 9.59 Å². The van der Waals surface area contributed by atoms with Crippen LogP contribution in [0.2, 0.25) is 0 Å². The zero-order valence-corrected chi connectivity index (χ0v) is 15.8. The van der Waals surface area contributed by atoms with Crippen LogP contribution in [0.4, 0.5) is 37.7 Å². The van der Waals surface area contributed by atoms with E-state index in [0.717, 1.165) is 0 Å². The molecular formula is C20H16F6N2O3. The lowest BCUT2D eigenvalue weighted by Crippen LogP contribution is -2.27. The molecule has 0 aliphatic carbocycles. The maximum atomic E-state index is 12.9. The highest BCUT2D eigenvalue weighted by atomic mass is 19.4. The summed E-state index contributed by atoms with van der Waals surface area (Å²) < 4.78 is 82.4. The molecule has 2 aromatic carbocycles. The van der Waals surface area contributed by atoms with Gasteiger partial charge in [0, 0.05) is 13.0 Å². The molecule has 31 heavy (non-hydrogen) atoms. The number of para-hydroxylation sites is 2. The topological polar surface area (TPSA) is 58.6 Å². The van der Waals surface area contributed by atoms with Gasteiger partial charge in [-0.2, -0.15) is 26.3 Å². The summed E-state index contributed by atoms with van der Waals surface area (Å²) in [5.74, 6) is -1.69. The number of amides is 2. The van der Waals surface area contributed by atoms with Crippen LogP contribution in [-0.4, -0.2) is 25.0 Å². The molecule has 3 rings (SSSR count). The average molecular weight is 446 g/mol. The number of halogens is 6. The summed E-state index contributed by atoms with van der Waals surface area (Å²) in [5, 5.41) is 2.47. The van der Waals surface area contributed by atoms with Crippen molar-refractivity contribution in [2.24, 2.45) is 0 Å². The largest absolute Gasteiger partial charge is 0.484 e. The maximum absolute atomic E-state index is 12.9. The zero-order valence-electron chi connectivity index (χ0n) is 15.8. The van der Waals surface area contributed by atoms with E-state index in [4.69, 9.17) is 4.74 Å². The predicted octanol–water partition coefficient (Wildman–Crippen LogP) is 4.87. The number of ether oxygens (including phenoxy) is 1. The van der Waals surface area contributed by atoms with Crippen molar-refractivity contribution < 1.29 is 40.7 Å². The number of nitrogens with one attached hydrogen (secondary N) is 1. The van der Waals surface area contributed by atoms with Crippen LogP contribution >= 0.6 is 0 Å². The first-order chi connectivity index (χ1) is 14.4. The molecule has 5 nitrogen and oxygen atoms in total. The number of alkyl halides is 6. The second-order valence-corrected chi connectivity index (χ2v) is 6.74. The van der Waals surface area contributed by atoms with Gasteiger partial charge in [-0.1, -0.05) is 12.1 Å². The Morgan fingerprint density at radius 3 is 2.16 bits per heavy atom. The lowest BCUT2D eigenvalue weighted by molar-refractivity contribution is -0.143. The van der Waals surface area contributed by atoms with Crippen molar-refractivity contribution in [2.75, 3.05) is 23.4 Å². The van der Waals surface area contributed by atoms with E-state index < -0.39 is 41.7 Å². The summed E-state index contributed by atoms with van der Waals surface area (Å²) in [6.07, 6.45) is -9.03. The quantitative estimate of drug-likeness (QED) is 0.667. The Bertz CT molecular complexity index is 955. The van der Waals surface area contributed by atoms with Crippen molar-refractivity contribution in [2.45, 2.75) is 25.2 Å². The van der Waals surface area contributed by atoms with Crippen LogP contribution in [0.5, 0.6) is 5.75 Å². The molecule has 1 saturated heterocycles. The van der Waals surface area contributed by atoms with E-state index in [1.165, 1.54) is 11.0 Å². The Morgan fingerprint density at radius 1 is 1.00 bits per heavy atom. The molecule has 0 bridgehead atoms. The van der Waals surface area contributed by atoms with Gasteiger partial charge in [0.25, 0.3) is 5.91 Å². The minimum atomic E-state index is -5.02. The molecule has 0 saturated carbocycles. The molecular weight excluding hydrogens is 430 g/mol. The van der Waals surface area contributed by atoms with Crippen LogP contribution in [0.15, 0.2) is 42.5 Å². The number of carbonyl (C=O) groups is 2. The van der Waals surface area contributed by atoms with Crippen LogP contribution in [0.3, 0.4) is 0 Å². The van der Waals surface area contributed by atoms with Crippen LogP contribution in [0.25, 0.3) is 0 Å². The average Bonchev–Trinajstić information content (AvgIpc) is 3.11. The molecule has 1 aliphatic rings. The lowest BCUT2D eigenvalue weighted by atomic mass is 10.1. The van der Waals surface area contributed by atoms with Gasteiger partial charge in [0.05, 0.1) is 22.5 Å². The summed E-state index contributed by atoms with van der Waals surface area (Å²) in [4.78, 5) is 25.7. The molecule has 0 atom stereocenters. The molecule has 1 fully saturated rings. The lowest BCUT2D eigenvalue weighted by Gasteiger charge is -2.20. The van der Waals surface area contributed by atoms with Crippen LogP contribution in [-0.2, 0) is 21.9 Å². The molecule has 2 aromatic rings. The SMILES string of the molecule is O=C(COc1cc(C(F)(F)F)cc(C(F)(F)F)c1)Nc1ccccc1N1CCCC1=O. The van der Waals surface area contributed by atoms with Crippen LogP contribution < -0.4 is 15.0 Å². The van der Waals surface area contributed by atoms with Gasteiger partial charge in [-0.15, -0.1) is 0 Å². The Morgan fingerprint density at radius 2 is 1.61 bits per heavy atom. The van der Waals surface area contributed by atoms with Crippen molar-refractivity contribution in [3.63, 3.8) is 0 Å². The van der Waals surface area contributed by atoms with Gasteiger partial charge in [0.15, 0.2) is 6.61 Å². The number of benzene rings is 2. The molecule has 0 aromatic heterocycles. The molecule has 2 amide bonds. The number of hydrogen-bond acceptors (Lipinski definition) is 3. The van der Waals surface area contributed by atoms with E-state index in [-0.39, 0.29) is 17.7 Å². The summed E-state index contributed by atoms with van der Waals surface area (Å²) in [5.41, 5.74) is -2.38. The highest BCUT2D eigenvalue weighted by Gasteiger charge is 2.37. The summed E-state index contributed by atoms with van der Waals surface area (Å²) in [7, 11) is 0. The summed E-state index contributed by atoms with van der Waals surface area (Å²) in [6, 6.07) is 7.14. The number of rotatable bonds is 5. The van der Waals surface area contributed by atoms with Gasteiger partial charge >= 0.3 is 12.4 Å². The monoisotopic (exact) mass is 446 g/mol. The maximum Gasteiger partial charge on any atom is 0.416 e. The van der Waals surface area contributed by atoms with Crippen molar-refractivity contribution in [1.29, 1.82) is 0 Å². The Labute approximate surface area is 172 Å². The third-order valence-corrected chi connectivity index (χ3v) is 4.47. The molecule has 0 unspecified atom stereocenters. The first-order valence-electron chi connectivity index (χ1n) is 9.06. The highest BCUT2D eigenvalue weighted by Crippen LogP contribution is 2.38. The minimum absolute atomic E-state index is 0.0315. The molecule has 1 heterocycles. The van der Waals surface area contributed by atoms with Crippen molar-refractivity contribution in [3.05, 3.63) is 53.6 Å². The smallest absolute Gasteiger partial charge is 0.416 e. The fourth-order valence-corrected chi connectivity index (χ4v) is 3.06. The molecule has 166 valence electrons. The molecule has 0 spiro atoms. The second-order valence-electron chi connectivity index (χ2n) is 6.74. The first-order valence-corrected chi connectivity index (χ1v) is 9.06. The van der Waals surface area contributed by atoms with E-state index in [1.807, 2.05) is 0 Å². The number of hydrogen-bond donors (Lipinski definition) is 1. The van der Waals surface area contributed by atoms with Crippen LogP contribution in [0.1, 0.15) is 24.0 Å². The minimum Gasteiger partial charge on any atom is -0.484 e. The fourth-order valence-electron chi connectivity index (χ4n) is 3.06. The molecule has 1 N–H and O–H groups in total. The standard InChI is InChI=1S/C20H16F6N2O3/c21-19(22,23)12-8-13(20(24,25)26)10-14(9-12)31-11-17(29)27-15-4-1-2-5-16(15)28-7-3-6-18(28)30/h1-2,4-5,8-10H,3,6-7,11H2,(H,27,29). The number of nitrogens with zero attached hydrogens (tertiary/aromatic N) is 1. The molecule has 0 radical (unpaired) electrons. The zero-order chi connectivity index (χ0) is 22.8. The highest BCUT2D eigenvalue weighted by molar-refractivity contribution is 6.02. The Balaban J connectivity index is 1.74. The summed E-state index contributed by atoms with van der Waals surface area (Å²) >= 11 is 0. The number of carbonyl (C=O) groups excluding carboxylic acids is 2. The van der Waals surface area contributed by atoms with Gasteiger partial charge < -0.3 is 15.0 Å². The van der Waals surface area contributed by atoms with Gasteiger partial charge in [-0.05, 0) is 36.8 Å².